The highest BCUT2D eigenvalue weighted by Crippen LogP contribution is 2.11. The van der Waals surface area contributed by atoms with E-state index in [1.807, 2.05) is 54.6 Å². The Hall–Kier alpha value is -2.49. The van der Waals surface area contributed by atoms with Gasteiger partial charge in [0.1, 0.15) is 24.7 Å². The van der Waals surface area contributed by atoms with Crippen molar-refractivity contribution in [2.75, 3.05) is 47.4 Å². The Bertz CT molecular complexity index is 768. The van der Waals surface area contributed by atoms with Crippen molar-refractivity contribution in [2.24, 2.45) is 4.99 Å². The Labute approximate surface area is 195 Å². The lowest BCUT2D eigenvalue weighted by Gasteiger charge is -2.14. The van der Waals surface area contributed by atoms with Crippen LogP contribution in [0.4, 0.5) is 0 Å². The summed E-state index contributed by atoms with van der Waals surface area (Å²) in [6.07, 6.45) is 0.826. The number of para-hydroxylation sites is 1. The number of ether oxygens (including phenoxy) is 2. The maximum absolute atomic E-state index is 11.8. The molecule has 1 amide bonds. The first-order valence-electron chi connectivity index (χ1n) is 9.61. The number of likely N-dealkylation sites (N-methyl/N-ethyl adjacent to an activating group) is 1. The molecule has 0 spiro atoms. The molecule has 164 valence electrons. The van der Waals surface area contributed by atoms with Gasteiger partial charge in [-0.3, -0.25) is 4.79 Å². The van der Waals surface area contributed by atoms with E-state index in [9.17, 15) is 4.79 Å². The number of nitrogens with zero attached hydrogens (tertiary/aromatic N) is 2. The van der Waals surface area contributed by atoms with Gasteiger partial charge in [0.2, 0.25) is 5.91 Å². The molecule has 0 saturated carbocycles. The van der Waals surface area contributed by atoms with Crippen LogP contribution in [0.2, 0.25) is 0 Å². The first kappa shape index (κ1) is 25.5. The highest BCUT2D eigenvalue weighted by atomic mass is 127. The molecule has 0 saturated heterocycles. The number of guanidine groups is 1. The van der Waals surface area contributed by atoms with Crippen LogP contribution in [0.15, 0.2) is 59.6 Å². The molecular weight excluding hydrogens is 495 g/mol. The second-order valence-electron chi connectivity index (χ2n) is 6.57. The first-order chi connectivity index (χ1) is 14.1. The smallest absolute Gasteiger partial charge is 0.243 e. The zero-order valence-electron chi connectivity index (χ0n) is 17.8. The van der Waals surface area contributed by atoms with Crippen LogP contribution in [0.5, 0.6) is 11.5 Å². The average molecular weight is 526 g/mol. The molecule has 0 aliphatic rings. The molecule has 2 aromatic carbocycles. The molecule has 2 aromatic rings. The van der Waals surface area contributed by atoms with E-state index in [4.69, 9.17) is 9.47 Å². The summed E-state index contributed by atoms with van der Waals surface area (Å²) in [6, 6.07) is 17.6. The van der Waals surface area contributed by atoms with E-state index in [1.54, 1.807) is 21.2 Å². The second-order valence-corrected chi connectivity index (χ2v) is 6.57. The molecule has 0 unspecified atom stereocenters. The molecule has 0 fully saturated rings. The van der Waals surface area contributed by atoms with Crippen LogP contribution in [0.3, 0.4) is 0 Å². The fourth-order valence-corrected chi connectivity index (χ4v) is 2.43. The Balaban J connectivity index is 0.00000450. The molecule has 2 N–H and O–H groups in total. The van der Waals surface area contributed by atoms with Gasteiger partial charge in [0.05, 0.1) is 13.7 Å². The summed E-state index contributed by atoms with van der Waals surface area (Å²) in [7, 11) is 5.09. The van der Waals surface area contributed by atoms with Crippen LogP contribution in [0.1, 0.15) is 5.56 Å². The van der Waals surface area contributed by atoms with Gasteiger partial charge in [0.15, 0.2) is 5.96 Å². The number of amides is 1. The Kier molecular flexibility index (Phi) is 12.3. The van der Waals surface area contributed by atoms with Crippen LogP contribution >= 0.6 is 24.0 Å². The molecule has 0 heterocycles. The molecule has 30 heavy (non-hydrogen) atoms. The summed E-state index contributed by atoms with van der Waals surface area (Å²) in [5.41, 5.74) is 1.19. The topological polar surface area (TPSA) is 75.2 Å². The fourth-order valence-electron chi connectivity index (χ4n) is 2.43. The van der Waals surface area contributed by atoms with Crippen molar-refractivity contribution >= 4 is 35.8 Å². The number of aliphatic imine (C=N–C) groups is 1. The van der Waals surface area contributed by atoms with Crippen molar-refractivity contribution in [2.45, 2.75) is 6.42 Å². The van der Waals surface area contributed by atoms with Crippen molar-refractivity contribution in [1.29, 1.82) is 0 Å². The molecular formula is C22H31IN4O3. The normalized spacial score (nSPS) is 10.6. The SMILES string of the molecule is COc1ccc(CCNC(=NCC(=O)N(C)C)NCCOc2ccccc2)cc1.I. The molecule has 0 bridgehead atoms. The van der Waals surface area contributed by atoms with E-state index < -0.39 is 0 Å². The van der Waals surface area contributed by atoms with Crippen molar-refractivity contribution in [3.8, 4) is 11.5 Å². The monoisotopic (exact) mass is 526 g/mol. The summed E-state index contributed by atoms with van der Waals surface area (Å²) < 4.78 is 10.9. The zero-order valence-corrected chi connectivity index (χ0v) is 20.1. The van der Waals surface area contributed by atoms with Gasteiger partial charge in [-0.2, -0.15) is 0 Å². The minimum Gasteiger partial charge on any atom is -0.497 e. The van der Waals surface area contributed by atoms with E-state index in [-0.39, 0.29) is 36.4 Å². The third-order valence-electron chi connectivity index (χ3n) is 4.14. The minimum atomic E-state index is -0.0539. The lowest BCUT2D eigenvalue weighted by Crippen LogP contribution is -2.41. The molecule has 8 heteroatoms. The number of methoxy groups -OCH3 is 1. The van der Waals surface area contributed by atoms with E-state index in [1.165, 1.54) is 10.5 Å². The molecule has 0 aliphatic heterocycles. The molecule has 0 radical (unpaired) electrons. The van der Waals surface area contributed by atoms with Crippen LogP contribution in [-0.4, -0.2) is 64.2 Å². The standard InChI is InChI=1S/C22H30N4O3.HI/c1-26(2)21(27)17-25-22(24-15-16-29-20-7-5-4-6-8-20)23-14-13-18-9-11-19(28-3)12-10-18;/h4-12H,13-17H2,1-3H3,(H2,23,24,25);1H. The fraction of sp³-hybridized carbons (Fsp3) is 0.364. The van der Waals surface area contributed by atoms with Gasteiger partial charge in [-0.1, -0.05) is 30.3 Å². The van der Waals surface area contributed by atoms with Crippen molar-refractivity contribution < 1.29 is 14.3 Å². The summed E-state index contributed by atoms with van der Waals surface area (Å²) in [5.74, 6) is 2.20. The molecule has 7 nitrogen and oxygen atoms in total. The predicted octanol–water partition coefficient (Wildman–Crippen LogP) is 2.56. The Morgan fingerprint density at radius 1 is 0.967 bits per heavy atom. The van der Waals surface area contributed by atoms with Crippen LogP contribution in [0.25, 0.3) is 0 Å². The average Bonchev–Trinajstić information content (AvgIpc) is 2.75. The lowest BCUT2D eigenvalue weighted by atomic mass is 10.1. The van der Waals surface area contributed by atoms with E-state index in [0.29, 0.717) is 25.7 Å². The van der Waals surface area contributed by atoms with Gasteiger partial charge in [-0.15, -0.1) is 24.0 Å². The summed E-state index contributed by atoms with van der Waals surface area (Å²) in [5, 5.41) is 6.48. The number of carbonyl (C=O) groups is 1. The summed E-state index contributed by atoms with van der Waals surface area (Å²) >= 11 is 0. The van der Waals surface area contributed by atoms with Crippen LogP contribution in [0, 0.1) is 0 Å². The van der Waals surface area contributed by atoms with Crippen molar-refractivity contribution in [1.82, 2.24) is 15.5 Å². The Morgan fingerprint density at radius 3 is 2.27 bits per heavy atom. The minimum absolute atomic E-state index is 0. The third kappa shape index (κ3) is 9.82. The quantitative estimate of drug-likeness (QED) is 0.216. The van der Waals surface area contributed by atoms with Crippen molar-refractivity contribution in [3.05, 3.63) is 60.2 Å². The molecule has 0 aliphatic carbocycles. The number of carbonyl (C=O) groups excluding carboxylic acids is 1. The molecule has 0 atom stereocenters. The molecule has 2 rings (SSSR count). The molecule has 0 aromatic heterocycles. The van der Waals surface area contributed by atoms with E-state index in [2.05, 4.69) is 15.6 Å². The second kappa shape index (κ2) is 14.5. The van der Waals surface area contributed by atoms with Crippen molar-refractivity contribution in [3.63, 3.8) is 0 Å². The number of halogens is 1. The highest BCUT2D eigenvalue weighted by molar-refractivity contribution is 14.0. The van der Waals surface area contributed by atoms with Crippen LogP contribution in [-0.2, 0) is 11.2 Å². The van der Waals surface area contributed by atoms with Crippen LogP contribution < -0.4 is 20.1 Å². The van der Waals surface area contributed by atoms with Gasteiger partial charge in [0.25, 0.3) is 0 Å². The largest absolute Gasteiger partial charge is 0.497 e. The first-order valence-corrected chi connectivity index (χ1v) is 9.61. The maximum atomic E-state index is 11.8. The van der Waals surface area contributed by atoms with Gasteiger partial charge < -0.3 is 25.0 Å². The summed E-state index contributed by atoms with van der Waals surface area (Å²) in [4.78, 5) is 17.7. The van der Waals surface area contributed by atoms with E-state index >= 15 is 0 Å². The third-order valence-corrected chi connectivity index (χ3v) is 4.14. The van der Waals surface area contributed by atoms with Gasteiger partial charge in [0, 0.05) is 20.6 Å². The number of rotatable bonds is 10. The number of nitrogens with one attached hydrogen (secondary N) is 2. The van der Waals surface area contributed by atoms with Gasteiger partial charge >= 0.3 is 0 Å². The number of hydrogen-bond acceptors (Lipinski definition) is 4. The van der Waals surface area contributed by atoms with E-state index in [0.717, 1.165) is 17.9 Å². The zero-order chi connectivity index (χ0) is 20.9. The summed E-state index contributed by atoms with van der Waals surface area (Å²) in [6.45, 7) is 1.84. The number of hydrogen-bond donors (Lipinski definition) is 2. The predicted molar refractivity (Wildman–Crippen MR) is 131 cm³/mol. The lowest BCUT2D eigenvalue weighted by molar-refractivity contribution is -0.127. The highest BCUT2D eigenvalue weighted by Gasteiger charge is 2.05. The van der Waals surface area contributed by atoms with Gasteiger partial charge in [-0.25, -0.2) is 4.99 Å². The number of benzene rings is 2. The van der Waals surface area contributed by atoms with Gasteiger partial charge in [-0.05, 0) is 36.2 Å². The Morgan fingerprint density at radius 2 is 1.63 bits per heavy atom. The maximum Gasteiger partial charge on any atom is 0.243 e.